The van der Waals surface area contributed by atoms with Gasteiger partial charge in [0.1, 0.15) is 11.6 Å². The van der Waals surface area contributed by atoms with E-state index >= 15 is 0 Å². The highest BCUT2D eigenvalue weighted by molar-refractivity contribution is 5.80. The van der Waals surface area contributed by atoms with Crippen molar-refractivity contribution in [2.45, 2.75) is 84.7 Å². The molecule has 3 nitrogen and oxygen atoms in total. The van der Waals surface area contributed by atoms with Crippen molar-refractivity contribution in [2.24, 2.45) is 40.4 Å². The highest BCUT2D eigenvalue weighted by Gasteiger charge is 2.66. The van der Waals surface area contributed by atoms with E-state index in [1.807, 2.05) is 6.92 Å². The van der Waals surface area contributed by atoms with Crippen LogP contribution in [0.1, 0.15) is 79.1 Å². The summed E-state index contributed by atoms with van der Waals surface area (Å²) >= 11 is 0. The molecule has 0 aliphatic heterocycles. The maximum atomic E-state index is 12.3. The summed E-state index contributed by atoms with van der Waals surface area (Å²) in [5.41, 5.74) is -0.706. The van der Waals surface area contributed by atoms with Crippen molar-refractivity contribution in [2.75, 3.05) is 0 Å². The zero-order valence-electron chi connectivity index (χ0n) is 16.3. The number of hydrogen-bond acceptors (Lipinski definition) is 3. The number of carbonyl (C=O) groups excluding carboxylic acids is 2. The molecule has 8 atom stereocenters. The van der Waals surface area contributed by atoms with Gasteiger partial charge in [-0.1, -0.05) is 13.8 Å². The van der Waals surface area contributed by atoms with Crippen LogP contribution >= 0.6 is 0 Å². The normalized spacial score (nSPS) is 55.2. The number of aliphatic hydroxyl groups is 1. The SMILES string of the molecule is CC(=O)[C@@H]1CC[C@@H]2[C@@H]3CC[C@@H]4CC(=O)CC[C@]4(C)[C@@H]3[C@@](C)(O)C[C@@]21C. The van der Waals surface area contributed by atoms with Crippen LogP contribution < -0.4 is 0 Å². The van der Waals surface area contributed by atoms with Crippen LogP contribution in [0.5, 0.6) is 0 Å². The molecule has 0 spiro atoms. The molecule has 0 amide bonds. The summed E-state index contributed by atoms with van der Waals surface area (Å²) in [6, 6.07) is 0. The van der Waals surface area contributed by atoms with E-state index in [0.717, 1.165) is 38.5 Å². The Bertz CT molecular complexity index is 608. The maximum absolute atomic E-state index is 12.3. The molecule has 0 unspecified atom stereocenters. The minimum Gasteiger partial charge on any atom is -0.390 e. The summed E-state index contributed by atoms with van der Waals surface area (Å²) in [4.78, 5) is 24.3. The van der Waals surface area contributed by atoms with E-state index in [9.17, 15) is 14.7 Å². The molecule has 0 aromatic heterocycles. The minimum absolute atomic E-state index is 0.0514. The molecule has 140 valence electrons. The molecule has 4 saturated carbocycles. The van der Waals surface area contributed by atoms with E-state index in [-0.39, 0.29) is 22.7 Å². The Kier molecular flexibility index (Phi) is 3.83. The summed E-state index contributed by atoms with van der Waals surface area (Å²) in [6.45, 7) is 8.41. The van der Waals surface area contributed by atoms with E-state index in [1.165, 1.54) is 0 Å². The standard InChI is InChI=1S/C22H34O3/c1-13(23)17-7-8-18-16-6-5-14-11-15(24)9-10-20(14,2)19(16)22(4,25)12-21(17,18)3/h14,16-19,25H,5-12H2,1-4H3/t14-,16+,17+,18-,19-,20+,21-,22+/m1/s1. The zero-order valence-corrected chi connectivity index (χ0v) is 16.3. The zero-order chi connectivity index (χ0) is 18.2. The molecule has 4 aliphatic carbocycles. The van der Waals surface area contributed by atoms with Crippen molar-refractivity contribution in [1.82, 2.24) is 0 Å². The first kappa shape index (κ1) is 17.7. The number of hydrogen-bond donors (Lipinski definition) is 1. The lowest BCUT2D eigenvalue weighted by atomic mass is 9.41. The molecule has 3 heteroatoms. The van der Waals surface area contributed by atoms with Gasteiger partial charge >= 0.3 is 0 Å². The number of ketones is 2. The Morgan fingerprint density at radius 1 is 1.08 bits per heavy atom. The lowest BCUT2D eigenvalue weighted by Gasteiger charge is -2.64. The Morgan fingerprint density at radius 3 is 2.48 bits per heavy atom. The van der Waals surface area contributed by atoms with Crippen LogP contribution in [-0.2, 0) is 9.59 Å². The number of fused-ring (bicyclic) bond motifs is 5. The average Bonchev–Trinajstić information content (AvgIpc) is 2.83. The first-order chi connectivity index (χ1) is 11.6. The third-order valence-corrected chi connectivity index (χ3v) is 9.16. The Balaban J connectivity index is 1.74. The highest BCUT2D eigenvalue weighted by atomic mass is 16.3. The smallest absolute Gasteiger partial charge is 0.133 e. The fraction of sp³-hybridized carbons (Fsp3) is 0.909. The number of carbonyl (C=O) groups is 2. The lowest BCUT2D eigenvalue weighted by Crippen LogP contribution is -2.63. The fourth-order valence-electron chi connectivity index (χ4n) is 8.49. The summed E-state index contributed by atoms with van der Waals surface area (Å²) < 4.78 is 0. The molecule has 0 aromatic rings. The first-order valence-corrected chi connectivity index (χ1v) is 10.3. The molecule has 0 heterocycles. The van der Waals surface area contributed by atoms with E-state index in [4.69, 9.17) is 0 Å². The van der Waals surface area contributed by atoms with Gasteiger partial charge in [0.25, 0.3) is 0 Å². The van der Waals surface area contributed by atoms with Crippen molar-refractivity contribution < 1.29 is 14.7 Å². The number of Topliss-reactive ketones (excluding diaryl/α,β-unsaturated/α-hetero) is 2. The van der Waals surface area contributed by atoms with Crippen molar-refractivity contribution in [3.63, 3.8) is 0 Å². The van der Waals surface area contributed by atoms with Gasteiger partial charge in [0.15, 0.2) is 0 Å². The maximum Gasteiger partial charge on any atom is 0.133 e. The average molecular weight is 347 g/mol. The molecular weight excluding hydrogens is 312 g/mol. The largest absolute Gasteiger partial charge is 0.390 e. The second-order valence-electron chi connectivity index (χ2n) is 10.6. The number of rotatable bonds is 1. The summed E-state index contributed by atoms with van der Waals surface area (Å²) in [5, 5.41) is 11.7. The highest BCUT2D eigenvalue weighted by Crippen LogP contribution is 2.69. The van der Waals surface area contributed by atoms with E-state index in [0.29, 0.717) is 42.2 Å². The van der Waals surface area contributed by atoms with Crippen LogP contribution in [0, 0.1) is 40.4 Å². The van der Waals surface area contributed by atoms with Gasteiger partial charge in [0.2, 0.25) is 0 Å². The van der Waals surface area contributed by atoms with E-state index in [2.05, 4.69) is 13.8 Å². The minimum atomic E-state index is -0.734. The van der Waals surface area contributed by atoms with Gasteiger partial charge in [-0.3, -0.25) is 9.59 Å². The van der Waals surface area contributed by atoms with Crippen LogP contribution in [0.4, 0.5) is 0 Å². The molecule has 25 heavy (non-hydrogen) atoms. The third-order valence-electron chi connectivity index (χ3n) is 9.16. The van der Waals surface area contributed by atoms with Crippen molar-refractivity contribution >= 4 is 11.6 Å². The fourth-order valence-corrected chi connectivity index (χ4v) is 8.49. The van der Waals surface area contributed by atoms with Crippen LogP contribution in [0.15, 0.2) is 0 Å². The van der Waals surface area contributed by atoms with Crippen LogP contribution in [-0.4, -0.2) is 22.3 Å². The van der Waals surface area contributed by atoms with Crippen LogP contribution in [0.3, 0.4) is 0 Å². The first-order valence-electron chi connectivity index (χ1n) is 10.3. The Morgan fingerprint density at radius 2 is 1.80 bits per heavy atom. The molecule has 0 bridgehead atoms. The predicted octanol–water partition coefficient (Wildman–Crippen LogP) is 4.16. The molecule has 0 saturated heterocycles. The van der Waals surface area contributed by atoms with Gasteiger partial charge in [-0.15, -0.1) is 0 Å². The van der Waals surface area contributed by atoms with Gasteiger partial charge in [-0.25, -0.2) is 0 Å². The molecule has 4 fully saturated rings. The van der Waals surface area contributed by atoms with Gasteiger partial charge in [0.05, 0.1) is 5.60 Å². The molecular formula is C22H34O3. The quantitative estimate of drug-likeness (QED) is 0.775. The van der Waals surface area contributed by atoms with Gasteiger partial charge < -0.3 is 5.11 Å². The topological polar surface area (TPSA) is 54.4 Å². The summed E-state index contributed by atoms with van der Waals surface area (Å²) in [6.07, 6.45) is 7.46. The van der Waals surface area contributed by atoms with Gasteiger partial charge in [0, 0.05) is 18.8 Å². The van der Waals surface area contributed by atoms with Crippen LogP contribution in [0.2, 0.25) is 0 Å². The summed E-state index contributed by atoms with van der Waals surface area (Å²) in [5.74, 6) is 2.62. The predicted molar refractivity (Wildman–Crippen MR) is 96.9 cm³/mol. The molecule has 0 aromatic carbocycles. The van der Waals surface area contributed by atoms with Crippen molar-refractivity contribution in [1.29, 1.82) is 0 Å². The summed E-state index contributed by atoms with van der Waals surface area (Å²) in [7, 11) is 0. The molecule has 4 aliphatic rings. The van der Waals surface area contributed by atoms with Crippen molar-refractivity contribution in [3.05, 3.63) is 0 Å². The monoisotopic (exact) mass is 346 g/mol. The lowest BCUT2D eigenvalue weighted by molar-refractivity contribution is -0.213. The molecule has 1 N–H and O–H groups in total. The van der Waals surface area contributed by atoms with Crippen LogP contribution in [0.25, 0.3) is 0 Å². The third kappa shape index (κ3) is 2.33. The molecule has 0 radical (unpaired) electrons. The van der Waals surface area contributed by atoms with E-state index < -0.39 is 5.60 Å². The second kappa shape index (κ2) is 5.41. The van der Waals surface area contributed by atoms with Gasteiger partial charge in [-0.2, -0.15) is 0 Å². The molecule has 4 rings (SSSR count). The Hall–Kier alpha value is -0.700. The van der Waals surface area contributed by atoms with E-state index in [1.54, 1.807) is 6.92 Å². The van der Waals surface area contributed by atoms with Crippen molar-refractivity contribution in [3.8, 4) is 0 Å². The Labute approximate surface area is 151 Å². The van der Waals surface area contributed by atoms with Gasteiger partial charge in [-0.05, 0) is 86.9 Å². The second-order valence-corrected chi connectivity index (χ2v) is 10.6.